The van der Waals surface area contributed by atoms with Gasteiger partial charge in [0.1, 0.15) is 11.8 Å². The molecule has 34 heavy (non-hydrogen) atoms. The molecule has 0 aliphatic rings. The minimum Gasteiger partial charge on any atom is -0.490 e. The lowest BCUT2D eigenvalue weighted by molar-refractivity contribution is -0.385. The number of halogens is 2. The van der Waals surface area contributed by atoms with E-state index in [9.17, 15) is 19.7 Å². The number of nitrogens with one attached hydrogen (secondary N) is 1. The van der Waals surface area contributed by atoms with E-state index in [4.69, 9.17) is 32.7 Å². The molecule has 0 radical (unpaired) electrons. The molecule has 0 aromatic heterocycles. The number of carbonyl (C=O) groups excluding carboxylic acids is 2. The molecule has 0 spiro atoms. The molecule has 1 atom stereocenters. The van der Waals surface area contributed by atoms with Gasteiger partial charge in [0.15, 0.2) is 6.61 Å². The number of nitrogens with zero attached hydrogens (tertiary/aromatic N) is 2. The highest BCUT2D eigenvalue weighted by Crippen LogP contribution is 2.31. The lowest BCUT2D eigenvalue weighted by Crippen LogP contribution is -2.50. The average molecular weight is 512 g/mol. The first-order valence-electron chi connectivity index (χ1n) is 10.7. The second kappa shape index (κ2) is 13.0. The quantitative estimate of drug-likeness (QED) is 0.328. The Balaban J connectivity index is 2.27. The van der Waals surface area contributed by atoms with Crippen molar-refractivity contribution in [2.24, 2.45) is 0 Å². The van der Waals surface area contributed by atoms with Crippen LogP contribution in [0.15, 0.2) is 36.4 Å². The number of amides is 2. The molecule has 2 rings (SSSR count). The third-order valence-corrected chi connectivity index (χ3v) is 5.59. The summed E-state index contributed by atoms with van der Waals surface area (Å²) in [6.45, 7) is 3.90. The van der Waals surface area contributed by atoms with E-state index in [2.05, 4.69) is 5.32 Å². The van der Waals surface area contributed by atoms with Crippen LogP contribution in [0.3, 0.4) is 0 Å². The maximum absolute atomic E-state index is 13.2. The zero-order valence-corrected chi connectivity index (χ0v) is 20.7. The van der Waals surface area contributed by atoms with Gasteiger partial charge in [0.25, 0.3) is 5.91 Å². The van der Waals surface area contributed by atoms with Crippen molar-refractivity contribution in [3.8, 4) is 11.5 Å². The standard InChI is InChI=1S/C23H27Cl2N3O6/c1-4-10-26-23(30)19(5-2)27(13-15-6-7-16(24)11-18(15)25)22(29)14-34-17-8-9-20(28(31)32)21(12-17)33-3/h6-9,11-12,19H,4-5,10,13-14H2,1-3H3,(H,26,30)/t19-/m0/s1. The molecule has 0 bridgehead atoms. The number of benzene rings is 2. The Bertz CT molecular complexity index is 1030. The van der Waals surface area contributed by atoms with Crippen LogP contribution in [0.2, 0.25) is 10.0 Å². The molecule has 2 aromatic rings. The summed E-state index contributed by atoms with van der Waals surface area (Å²) in [7, 11) is 1.30. The van der Waals surface area contributed by atoms with Crippen molar-refractivity contribution in [3.05, 3.63) is 62.1 Å². The SMILES string of the molecule is CCCNC(=O)[C@H](CC)N(Cc1ccc(Cl)cc1Cl)C(=O)COc1ccc([N+](=O)[O-])c(OC)c1. The minimum absolute atomic E-state index is 0.00475. The normalized spacial score (nSPS) is 11.4. The molecule has 0 aliphatic carbocycles. The van der Waals surface area contributed by atoms with Crippen molar-refractivity contribution < 1.29 is 24.0 Å². The van der Waals surface area contributed by atoms with Crippen LogP contribution in [0.25, 0.3) is 0 Å². The van der Waals surface area contributed by atoms with Crippen molar-refractivity contribution in [2.45, 2.75) is 39.3 Å². The summed E-state index contributed by atoms with van der Waals surface area (Å²) >= 11 is 12.3. The Hall–Kier alpha value is -3.04. The number of methoxy groups -OCH3 is 1. The van der Waals surface area contributed by atoms with E-state index in [0.29, 0.717) is 28.6 Å². The Kier molecular flexibility index (Phi) is 10.4. The molecule has 184 valence electrons. The monoisotopic (exact) mass is 511 g/mol. The minimum atomic E-state index is -0.749. The van der Waals surface area contributed by atoms with E-state index < -0.39 is 23.5 Å². The van der Waals surface area contributed by atoms with E-state index in [1.165, 1.54) is 30.2 Å². The second-order valence-corrected chi connectivity index (χ2v) is 8.20. The van der Waals surface area contributed by atoms with Gasteiger partial charge in [0.05, 0.1) is 12.0 Å². The fourth-order valence-electron chi connectivity index (χ4n) is 3.25. The Morgan fingerprint density at radius 1 is 1.18 bits per heavy atom. The van der Waals surface area contributed by atoms with Gasteiger partial charge in [-0.05, 0) is 36.6 Å². The largest absolute Gasteiger partial charge is 0.490 e. The molecule has 0 aliphatic heterocycles. The lowest BCUT2D eigenvalue weighted by atomic mass is 10.1. The van der Waals surface area contributed by atoms with Gasteiger partial charge in [-0.2, -0.15) is 0 Å². The molecule has 0 fully saturated rings. The van der Waals surface area contributed by atoms with E-state index in [1.54, 1.807) is 18.2 Å². The van der Waals surface area contributed by atoms with Gasteiger partial charge in [0, 0.05) is 35.3 Å². The topological polar surface area (TPSA) is 111 Å². The maximum Gasteiger partial charge on any atom is 0.311 e. The number of hydrogen-bond donors (Lipinski definition) is 1. The molecule has 2 amide bonds. The third kappa shape index (κ3) is 7.23. The predicted octanol–water partition coefficient (Wildman–Crippen LogP) is 4.62. The van der Waals surface area contributed by atoms with Crippen LogP contribution in [0.5, 0.6) is 11.5 Å². The van der Waals surface area contributed by atoms with Crippen LogP contribution in [0.4, 0.5) is 5.69 Å². The highest BCUT2D eigenvalue weighted by molar-refractivity contribution is 6.35. The van der Waals surface area contributed by atoms with Crippen LogP contribution < -0.4 is 14.8 Å². The first kappa shape index (κ1) is 27.2. The molecule has 0 saturated heterocycles. The summed E-state index contributed by atoms with van der Waals surface area (Å²) in [5.41, 5.74) is 0.400. The van der Waals surface area contributed by atoms with Gasteiger partial charge < -0.3 is 19.7 Å². The van der Waals surface area contributed by atoms with Gasteiger partial charge in [-0.25, -0.2) is 0 Å². The zero-order chi connectivity index (χ0) is 25.3. The van der Waals surface area contributed by atoms with Crippen molar-refractivity contribution in [1.82, 2.24) is 10.2 Å². The van der Waals surface area contributed by atoms with Crippen LogP contribution >= 0.6 is 23.2 Å². The van der Waals surface area contributed by atoms with E-state index in [0.717, 1.165) is 6.42 Å². The van der Waals surface area contributed by atoms with Gasteiger partial charge in [-0.3, -0.25) is 19.7 Å². The average Bonchev–Trinajstić information content (AvgIpc) is 2.81. The summed E-state index contributed by atoms with van der Waals surface area (Å²) in [5.74, 6) is -0.518. The fourth-order valence-corrected chi connectivity index (χ4v) is 3.71. The van der Waals surface area contributed by atoms with Gasteiger partial charge in [-0.1, -0.05) is 43.1 Å². The zero-order valence-electron chi connectivity index (χ0n) is 19.2. The number of rotatable bonds is 12. The highest BCUT2D eigenvalue weighted by atomic mass is 35.5. The van der Waals surface area contributed by atoms with Gasteiger partial charge in [-0.15, -0.1) is 0 Å². The number of nitro groups is 1. The summed E-state index contributed by atoms with van der Waals surface area (Å²) in [4.78, 5) is 37.9. The van der Waals surface area contributed by atoms with Crippen molar-refractivity contribution in [1.29, 1.82) is 0 Å². The number of carbonyl (C=O) groups is 2. The molecule has 0 unspecified atom stereocenters. The van der Waals surface area contributed by atoms with Crippen LogP contribution in [0.1, 0.15) is 32.3 Å². The Morgan fingerprint density at radius 3 is 2.50 bits per heavy atom. The molecule has 11 heteroatoms. The molecule has 1 N–H and O–H groups in total. The van der Waals surface area contributed by atoms with Gasteiger partial charge in [0.2, 0.25) is 11.7 Å². The van der Waals surface area contributed by atoms with Gasteiger partial charge >= 0.3 is 5.69 Å². The number of nitro benzene ring substituents is 1. The number of ether oxygens (including phenoxy) is 2. The van der Waals surface area contributed by atoms with Crippen molar-refractivity contribution in [3.63, 3.8) is 0 Å². The maximum atomic E-state index is 13.2. The summed E-state index contributed by atoms with van der Waals surface area (Å²) in [6, 6.07) is 8.11. The smallest absolute Gasteiger partial charge is 0.311 e. The summed E-state index contributed by atoms with van der Waals surface area (Å²) in [5, 5.41) is 14.7. The molecule has 0 saturated carbocycles. The summed E-state index contributed by atoms with van der Waals surface area (Å²) in [6.07, 6.45) is 1.13. The third-order valence-electron chi connectivity index (χ3n) is 5.00. The van der Waals surface area contributed by atoms with Crippen LogP contribution in [0, 0.1) is 10.1 Å². The molecule has 2 aromatic carbocycles. The van der Waals surface area contributed by atoms with Crippen molar-refractivity contribution >= 4 is 40.7 Å². The van der Waals surface area contributed by atoms with E-state index in [1.807, 2.05) is 13.8 Å². The highest BCUT2D eigenvalue weighted by Gasteiger charge is 2.29. The number of hydrogen-bond acceptors (Lipinski definition) is 6. The summed E-state index contributed by atoms with van der Waals surface area (Å²) < 4.78 is 10.6. The van der Waals surface area contributed by atoms with Crippen LogP contribution in [-0.4, -0.2) is 47.9 Å². The molecular weight excluding hydrogens is 485 g/mol. The molecular formula is C23H27Cl2N3O6. The first-order valence-corrected chi connectivity index (χ1v) is 11.4. The molecule has 9 nitrogen and oxygen atoms in total. The van der Waals surface area contributed by atoms with E-state index >= 15 is 0 Å². The predicted molar refractivity (Wildman–Crippen MR) is 130 cm³/mol. The fraction of sp³-hybridized carbons (Fsp3) is 0.391. The Morgan fingerprint density at radius 2 is 1.91 bits per heavy atom. The molecule has 0 heterocycles. The lowest BCUT2D eigenvalue weighted by Gasteiger charge is -2.31. The van der Waals surface area contributed by atoms with E-state index in [-0.39, 0.29) is 29.6 Å². The Labute approximate surface area is 208 Å². The first-order chi connectivity index (χ1) is 16.2. The van der Waals surface area contributed by atoms with Crippen molar-refractivity contribution in [2.75, 3.05) is 20.3 Å². The van der Waals surface area contributed by atoms with Crippen LogP contribution in [-0.2, 0) is 16.1 Å². The second-order valence-electron chi connectivity index (χ2n) is 7.35.